The van der Waals surface area contributed by atoms with E-state index in [4.69, 9.17) is 14.2 Å². The molecule has 2 aromatic rings. The van der Waals surface area contributed by atoms with Gasteiger partial charge in [0.1, 0.15) is 18.1 Å². The van der Waals surface area contributed by atoms with Crippen LogP contribution >= 0.6 is 0 Å². The van der Waals surface area contributed by atoms with E-state index in [1.807, 2.05) is 0 Å². The molecule has 1 amide bonds. The van der Waals surface area contributed by atoms with Crippen LogP contribution in [0.15, 0.2) is 36.4 Å². The van der Waals surface area contributed by atoms with Crippen LogP contribution in [0.4, 0.5) is 61.9 Å². The topological polar surface area (TPSA) is 85.3 Å². The highest BCUT2D eigenvalue weighted by Crippen LogP contribution is 2.60. The van der Waals surface area contributed by atoms with Gasteiger partial charge in [-0.25, -0.2) is 9.59 Å². The van der Waals surface area contributed by atoms with Crippen LogP contribution in [0.2, 0.25) is 0 Å². The third-order valence-electron chi connectivity index (χ3n) is 7.25. The lowest BCUT2D eigenvalue weighted by molar-refractivity contribution is -0.440. The first-order valence-electron chi connectivity index (χ1n) is 14.2. The maximum absolute atomic E-state index is 14.8. The van der Waals surface area contributed by atoms with E-state index in [-0.39, 0.29) is 30.1 Å². The minimum Gasteiger partial charge on any atom is -0.492 e. The van der Waals surface area contributed by atoms with Gasteiger partial charge in [-0.05, 0) is 68.1 Å². The Hall–Kier alpha value is -3.97. The van der Waals surface area contributed by atoms with Gasteiger partial charge >= 0.3 is 47.9 Å². The SMILES string of the molecule is CCOC(Cc1ccc(OCCN(CC(F)(F)C(F)(F)C(F)(F)C(F)(F)C(F)(F)C(F)(F)F)C(=O)Oc2cc(C)c(C)cc2C)cc1)C(=O)O. The molecule has 0 saturated heterocycles. The van der Waals surface area contributed by atoms with Crippen molar-refractivity contribution in [1.29, 1.82) is 0 Å². The Bertz CT molecular complexity index is 1500. The molecular weight excluding hydrogens is 717 g/mol. The number of halogens is 13. The number of carbonyl (C=O) groups is 2. The number of benzene rings is 2. The van der Waals surface area contributed by atoms with Crippen molar-refractivity contribution >= 4 is 12.1 Å². The summed E-state index contributed by atoms with van der Waals surface area (Å²) in [6.45, 7) is 0.988. The van der Waals surface area contributed by atoms with Gasteiger partial charge in [0.2, 0.25) is 0 Å². The molecular formula is C30H30F13NO6. The monoisotopic (exact) mass is 747 g/mol. The van der Waals surface area contributed by atoms with Crippen LogP contribution < -0.4 is 9.47 Å². The number of carbonyl (C=O) groups excluding carboxylic acids is 1. The molecule has 20 heteroatoms. The van der Waals surface area contributed by atoms with E-state index in [1.165, 1.54) is 50.2 Å². The van der Waals surface area contributed by atoms with E-state index in [0.29, 0.717) is 16.7 Å². The average molecular weight is 748 g/mol. The summed E-state index contributed by atoms with van der Waals surface area (Å²) in [6, 6.07) is 7.74. The van der Waals surface area contributed by atoms with E-state index < -0.39 is 78.6 Å². The molecule has 0 aromatic heterocycles. The van der Waals surface area contributed by atoms with Crippen molar-refractivity contribution in [1.82, 2.24) is 4.90 Å². The van der Waals surface area contributed by atoms with E-state index in [0.717, 1.165) is 0 Å². The summed E-state index contributed by atoms with van der Waals surface area (Å²) in [5.41, 5.74) is 1.67. The van der Waals surface area contributed by atoms with Crippen LogP contribution in [0, 0.1) is 20.8 Å². The first kappa shape index (κ1) is 42.2. The Morgan fingerprint density at radius 2 is 1.28 bits per heavy atom. The van der Waals surface area contributed by atoms with Crippen molar-refractivity contribution in [3.8, 4) is 11.5 Å². The lowest BCUT2D eigenvalue weighted by atomic mass is 9.93. The van der Waals surface area contributed by atoms with Gasteiger partial charge < -0.3 is 19.3 Å². The Morgan fingerprint density at radius 1 is 0.760 bits per heavy atom. The summed E-state index contributed by atoms with van der Waals surface area (Å²) >= 11 is 0. The van der Waals surface area contributed by atoms with Crippen LogP contribution in [0.25, 0.3) is 0 Å². The molecule has 2 rings (SSSR count). The van der Waals surface area contributed by atoms with E-state index in [1.54, 1.807) is 13.8 Å². The first-order valence-corrected chi connectivity index (χ1v) is 14.2. The molecule has 0 fully saturated rings. The summed E-state index contributed by atoms with van der Waals surface area (Å²) in [7, 11) is 0. The van der Waals surface area contributed by atoms with Crippen molar-refractivity contribution in [2.75, 3.05) is 26.3 Å². The largest absolute Gasteiger partial charge is 0.492 e. The number of nitrogens with zero attached hydrogens (tertiary/aromatic N) is 1. The number of rotatable bonds is 16. The van der Waals surface area contributed by atoms with Gasteiger partial charge in [-0.15, -0.1) is 0 Å². The van der Waals surface area contributed by atoms with E-state index in [2.05, 4.69) is 0 Å². The number of hydrogen-bond donors (Lipinski definition) is 1. The lowest BCUT2D eigenvalue weighted by Crippen LogP contribution is -2.71. The number of alkyl halides is 13. The van der Waals surface area contributed by atoms with Crippen molar-refractivity contribution in [2.24, 2.45) is 0 Å². The zero-order valence-electron chi connectivity index (χ0n) is 26.4. The van der Waals surface area contributed by atoms with Crippen molar-refractivity contribution in [2.45, 2.75) is 76.0 Å². The van der Waals surface area contributed by atoms with Gasteiger partial charge in [0, 0.05) is 13.0 Å². The molecule has 0 spiro atoms. The summed E-state index contributed by atoms with van der Waals surface area (Å²) in [4.78, 5) is 23.8. The fourth-order valence-electron chi connectivity index (χ4n) is 4.21. The minimum atomic E-state index is -8.10. The second kappa shape index (κ2) is 15.1. The van der Waals surface area contributed by atoms with Crippen LogP contribution in [0.1, 0.15) is 29.2 Å². The summed E-state index contributed by atoms with van der Waals surface area (Å²) in [5, 5.41) is 9.20. The Balaban J connectivity index is 2.40. The molecule has 0 aliphatic carbocycles. The van der Waals surface area contributed by atoms with E-state index >= 15 is 0 Å². The zero-order chi connectivity index (χ0) is 38.7. The number of carboxylic acid groups (broad SMARTS) is 1. The molecule has 2 aromatic carbocycles. The molecule has 282 valence electrons. The first-order chi connectivity index (χ1) is 22.6. The Kier molecular flexibility index (Phi) is 12.7. The minimum absolute atomic E-state index is 0.0747. The molecule has 7 nitrogen and oxygen atoms in total. The molecule has 1 N–H and O–H groups in total. The maximum Gasteiger partial charge on any atom is 0.460 e. The normalized spacial score (nSPS) is 13.9. The molecule has 0 radical (unpaired) electrons. The molecule has 0 bridgehead atoms. The third-order valence-corrected chi connectivity index (χ3v) is 7.25. The van der Waals surface area contributed by atoms with Gasteiger partial charge in [-0.1, -0.05) is 18.2 Å². The highest BCUT2D eigenvalue weighted by molar-refractivity contribution is 5.73. The zero-order valence-corrected chi connectivity index (χ0v) is 26.4. The van der Waals surface area contributed by atoms with Crippen molar-refractivity contribution < 1.29 is 86.0 Å². The summed E-state index contributed by atoms with van der Waals surface area (Å²) in [6.07, 6.45) is -10.9. The number of aliphatic carboxylic acids is 1. The Labute approximate surface area is 275 Å². The molecule has 0 saturated carbocycles. The standard InChI is InChI=1S/C30H30F13NO6/c1-5-48-22(23(45)46)14-19-6-8-20(9-7-19)49-11-10-44(24(47)50-21-13-17(3)16(2)12-18(21)4)15-25(31,32)26(33,34)27(35,36)28(37,38)29(39,40)30(41,42)43/h6-9,12-13,22H,5,10-11,14-15H2,1-4H3,(H,45,46). The molecule has 0 heterocycles. The molecule has 1 unspecified atom stereocenters. The summed E-state index contributed by atoms with van der Waals surface area (Å²) < 4.78 is 194. The van der Waals surface area contributed by atoms with Gasteiger partial charge in [0.05, 0.1) is 13.1 Å². The molecule has 0 aliphatic rings. The van der Waals surface area contributed by atoms with Gasteiger partial charge in [-0.2, -0.15) is 57.1 Å². The van der Waals surface area contributed by atoms with Crippen molar-refractivity contribution in [3.63, 3.8) is 0 Å². The number of hydrogen-bond acceptors (Lipinski definition) is 5. The van der Waals surface area contributed by atoms with Crippen molar-refractivity contribution in [3.05, 3.63) is 58.7 Å². The van der Waals surface area contributed by atoms with E-state index in [9.17, 15) is 71.8 Å². The number of carboxylic acids is 1. The average Bonchev–Trinajstić information content (AvgIpc) is 2.98. The maximum atomic E-state index is 14.8. The fourth-order valence-corrected chi connectivity index (χ4v) is 4.21. The summed E-state index contributed by atoms with van der Waals surface area (Å²) in [5.74, 6) is -40.0. The van der Waals surface area contributed by atoms with Crippen LogP contribution in [0.3, 0.4) is 0 Å². The smallest absolute Gasteiger partial charge is 0.460 e. The second-order valence-electron chi connectivity index (χ2n) is 11.0. The van der Waals surface area contributed by atoms with Crippen LogP contribution in [-0.2, 0) is 16.0 Å². The molecule has 0 aliphatic heterocycles. The van der Waals surface area contributed by atoms with Crippen LogP contribution in [0.5, 0.6) is 11.5 Å². The molecule has 50 heavy (non-hydrogen) atoms. The number of aryl methyl sites for hydroxylation is 3. The number of ether oxygens (including phenoxy) is 3. The highest BCUT2D eigenvalue weighted by Gasteiger charge is 2.90. The van der Waals surface area contributed by atoms with Gasteiger partial charge in [0.25, 0.3) is 0 Å². The molecule has 1 atom stereocenters. The van der Waals surface area contributed by atoms with Gasteiger partial charge in [0.15, 0.2) is 6.10 Å². The fraction of sp³-hybridized carbons (Fsp3) is 0.533. The predicted molar refractivity (Wildman–Crippen MR) is 148 cm³/mol. The quantitative estimate of drug-likeness (QED) is 0.174. The van der Waals surface area contributed by atoms with Gasteiger partial charge in [-0.3, -0.25) is 4.90 Å². The van der Waals surface area contributed by atoms with Crippen LogP contribution in [-0.4, -0.2) is 90.3 Å². The highest BCUT2D eigenvalue weighted by atomic mass is 19.4. The number of amides is 1. The Morgan fingerprint density at radius 3 is 1.78 bits per heavy atom. The third kappa shape index (κ3) is 8.66. The lowest BCUT2D eigenvalue weighted by Gasteiger charge is -2.40. The second-order valence-corrected chi connectivity index (χ2v) is 11.0. The predicted octanol–water partition coefficient (Wildman–Crippen LogP) is 8.26.